The topological polar surface area (TPSA) is 129 Å². The molecule has 46 heavy (non-hydrogen) atoms. The Kier molecular flexibility index (Phi) is 6.47. The van der Waals surface area contributed by atoms with Crippen molar-refractivity contribution < 1.29 is 19.1 Å². The van der Waals surface area contributed by atoms with Gasteiger partial charge in [0.2, 0.25) is 5.91 Å². The number of imidazole rings is 1. The minimum absolute atomic E-state index is 0.0148. The van der Waals surface area contributed by atoms with Crippen LogP contribution in [0.4, 0.5) is 0 Å². The number of aromatic nitrogens is 4. The monoisotopic (exact) mass is 623 g/mol. The normalized spacial score (nSPS) is 29.3. The molecule has 11 nitrogen and oxygen atoms in total. The van der Waals surface area contributed by atoms with Crippen LogP contribution in [0, 0.1) is 11.8 Å². The summed E-state index contributed by atoms with van der Waals surface area (Å²) in [6, 6.07) is 10.3. The van der Waals surface area contributed by atoms with Crippen molar-refractivity contribution in [1.82, 2.24) is 29.2 Å². The molecule has 4 aromatic heterocycles. The van der Waals surface area contributed by atoms with Gasteiger partial charge < -0.3 is 30.0 Å². The molecule has 2 saturated heterocycles. The average molecular weight is 624 g/mol. The number of carbonyl (C=O) groups is 2. The third-order valence-corrected chi connectivity index (χ3v) is 11.1. The number of carbonyl (C=O) groups excluding carboxylic acids is 2. The fraction of sp³-hybridized carbons (Fsp3) is 0.543. The summed E-state index contributed by atoms with van der Waals surface area (Å²) < 4.78 is 16.4. The number of methoxy groups -OCH3 is 1. The highest BCUT2D eigenvalue weighted by molar-refractivity contribution is 5.97. The van der Waals surface area contributed by atoms with Crippen molar-refractivity contribution >= 4 is 28.5 Å². The van der Waals surface area contributed by atoms with Gasteiger partial charge in [-0.1, -0.05) is 0 Å². The summed E-state index contributed by atoms with van der Waals surface area (Å²) in [6.07, 6.45) is 6.46. The summed E-state index contributed by atoms with van der Waals surface area (Å²) >= 11 is 0. The van der Waals surface area contributed by atoms with Crippen LogP contribution in [0.5, 0.6) is 5.88 Å². The number of nitrogens with one attached hydrogen (secondary N) is 1. The maximum absolute atomic E-state index is 13.9. The largest absolute Gasteiger partial charge is 0.482 e. The van der Waals surface area contributed by atoms with E-state index in [0.29, 0.717) is 48.8 Å². The zero-order valence-corrected chi connectivity index (χ0v) is 26.4. The Hall–Kier alpha value is -3.96. The predicted octanol–water partition coefficient (Wildman–Crippen LogP) is 4.17. The van der Waals surface area contributed by atoms with E-state index < -0.39 is 0 Å². The molecule has 6 atom stereocenters. The minimum Gasteiger partial charge on any atom is -0.482 e. The van der Waals surface area contributed by atoms with Gasteiger partial charge in [0.25, 0.3) is 5.91 Å². The van der Waals surface area contributed by atoms with E-state index >= 15 is 0 Å². The first-order chi connectivity index (χ1) is 22.4. The van der Waals surface area contributed by atoms with Crippen LogP contribution in [-0.2, 0) is 16.1 Å². The van der Waals surface area contributed by atoms with E-state index in [2.05, 4.69) is 26.4 Å². The van der Waals surface area contributed by atoms with E-state index in [1.807, 2.05) is 30.0 Å². The molecule has 0 spiro atoms. The standard InChI is InChI=1S/C35H41N7O4/c1-18-26-7-5-20-12-28(40(34(20)38-26)16-22-11-23(22)17-46-10-9-30(43)37-18)32-33(19-3-4-19)42-29(39-32)13-21(14-31(42)45-2)35(44)41-24-6-8-27(41)25(36)15-24/h5,7,12-14,18-19,22-25,27H,3-4,6,8-11,15-17,36H2,1-2H3,(H,37,43)/t18-,22-,23-,24+,25-,27-/m1/s1. The van der Waals surface area contributed by atoms with Gasteiger partial charge in [0.15, 0.2) is 5.88 Å². The fourth-order valence-electron chi connectivity index (χ4n) is 8.38. The van der Waals surface area contributed by atoms with Crippen LogP contribution in [0.1, 0.15) is 85.6 Å². The summed E-state index contributed by atoms with van der Waals surface area (Å²) in [5, 5.41) is 4.13. The molecule has 7 heterocycles. The maximum Gasteiger partial charge on any atom is 0.254 e. The van der Waals surface area contributed by atoms with E-state index in [9.17, 15) is 9.59 Å². The second-order valence-electron chi connectivity index (χ2n) is 14.2. The number of hydrogen-bond donors (Lipinski definition) is 2. The Morgan fingerprint density at radius 2 is 1.96 bits per heavy atom. The molecule has 2 saturated carbocycles. The number of nitrogens with two attached hydrogens (primary N) is 1. The maximum atomic E-state index is 13.9. The smallest absolute Gasteiger partial charge is 0.254 e. The van der Waals surface area contributed by atoms with Gasteiger partial charge in [-0.05, 0) is 81.5 Å². The van der Waals surface area contributed by atoms with Gasteiger partial charge in [-0.15, -0.1) is 0 Å². The zero-order chi connectivity index (χ0) is 31.3. The third-order valence-electron chi connectivity index (χ3n) is 11.1. The molecule has 4 aromatic rings. The molecule has 9 rings (SSSR count). The fourth-order valence-corrected chi connectivity index (χ4v) is 8.38. The van der Waals surface area contributed by atoms with Gasteiger partial charge in [-0.3, -0.25) is 14.0 Å². The molecule has 240 valence electrons. The Bertz CT molecular complexity index is 1890. The highest BCUT2D eigenvalue weighted by Gasteiger charge is 2.47. The Morgan fingerprint density at radius 3 is 2.72 bits per heavy atom. The van der Waals surface area contributed by atoms with Crippen LogP contribution < -0.4 is 15.8 Å². The summed E-state index contributed by atoms with van der Waals surface area (Å²) in [4.78, 5) is 39.0. The highest BCUT2D eigenvalue weighted by Crippen LogP contribution is 2.48. The van der Waals surface area contributed by atoms with Crippen molar-refractivity contribution in [2.45, 2.75) is 88.5 Å². The number of rotatable bonds is 4. The first-order valence-corrected chi connectivity index (χ1v) is 16.9. The predicted molar refractivity (Wildman–Crippen MR) is 172 cm³/mol. The first kappa shape index (κ1) is 28.3. The van der Waals surface area contributed by atoms with Crippen LogP contribution >= 0.6 is 0 Å². The molecule has 3 N–H and O–H groups in total. The molecule has 0 radical (unpaired) electrons. The third kappa shape index (κ3) is 4.53. The van der Waals surface area contributed by atoms with Crippen LogP contribution in [-0.4, -0.2) is 74.1 Å². The average Bonchev–Trinajstić information content (AvgIpc) is 3.87. The Morgan fingerprint density at radius 1 is 1.09 bits per heavy atom. The van der Waals surface area contributed by atoms with Gasteiger partial charge >= 0.3 is 0 Å². The van der Waals surface area contributed by atoms with Crippen molar-refractivity contribution in [2.75, 3.05) is 20.3 Å². The lowest BCUT2D eigenvalue weighted by molar-refractivity contribution is -0.122. The van der Waals surface area contributed by atoms with Crippen LogP contribution in [0.2, 0.25) is 0 Å². The van der Waals surface area contributed by atoms with Gasteiger partial charge in [0, 0.05) is 60.6 Å². The van der Waals surface area contributed by atoms with Crippen molar-refractivity contribution in [2.24, 2.45) is 17.6 Å². The lowest BCUT2D eigenvalue weighted by Gasteiger charge is -2.23. The van der Waals surface area contributed by atoms with E-state index in [0.717, 1.165) is 84.5 Å². The molecule has 2 aliphatic carbocycles. The molecule has 4 fully saturated rings. The molecule has 4 bridgehead atoms. The number of fused-ring (bicyclic) bond motifs is 5. The number of amides is 2. The van der Waals surface area contributed by atoms with E-state index in [-0.39, 0.29) is 36.0 Å². The van der Waals surface area contributed by atoms with Gasteiger partial charge in [-0.2, -0.15) is 0 Å². The molecule has 2 amide bonds. The Labute approximate surface area is 267 Å². The molecule has 0 aromatic carbocycles. The molecule has 5 aliphatic rings. The summed E-state index contributed by atoms with van der Waals surface area (Å²) in [6.45, 7) is 3.89. The second kappa shape index (κ2) is 10.5. The molecule has 0 unspecified atom stereocenters. The van der Waals surface area contributed by atoms with Crippen molar-refractivity contribution in [3.05, 3.63) is 47.3 Å². The summed E-state index contributed by atoms with van der Waals surface area (Å²) in [5.41, 5.74) is 12.5. The second-order valence-corrected chi connectivity index (χ2v) is 14.2. The van der Waals surface area contributed by atoms with Crippen LogP contribution in [0.3, 0.4) is 0 Å². The lowest BCUT2D eigenvalue weighted by Crippen LogP contribution is -2.40. The molecular weight excluding hydrogens is 582 g/mol. The summed E-state index contributed by atoms with van der Waals surface area (Å²) in [7, 11) is 1.67. The van der Waals surface area contributed by atoms with Gasteiger partial charge in [0.05, 0.1) is 36.8 Å². The van der Waals surface area contributed by atoms with Gasteiger partial charge in [-0.25, -0.2) is 9.97 Å². The zero-order valence-electron chi connectivity index (χ0n) is 26.4. The quantitative estimate of drug-likeness (QED) is 0.349. The molecule has 11 heteroatoms. The van der Waals surface area contributed by atoms with Crippen LogP contribution in [0.25, 0.3) is 28.1 Å². The number of hydrogen-bond acceptors (Lipinski definition) is 7. The summed E-state index contributed by atoms with van der Waals surface area (Å²) in [5.74, 6) is 1.90. The van der Waals surface area contributed by atoms with E-state index in [1.54, 1.807) is 7.11 Å². The van der Waals surface area contributed by atoms with E-state index in [1.165, 1.54) is 0 Å². The van der Waals surface area contributed by atoms with Crippen molar-refractivity contribution in [3.8, 4) is 17.3 Å². The minimum atomic E-state index is -0.224. The lowest BCUT2D eigenvalue weighted by atomic mass is 9.97. The Balaban J connectivity index is 1.19. The van der Waals surface area contributed by atoms with E-state index in [4.69, 9.17) is 25.2 Å². The number of pyridine rings is 2. The van der Waals surface area contributed by atoms with Crippen molar-refractivity contribution in [3.63, 3.8) is 0 Å². The molecule has 3 aliphatic heterocycles. The van der Waals surface area contributed by atoms with Crippen LogP contribution in [0.15, 0.2) is 30.3 Å². The first-order valence-electron chi connectivity index (χ1n) is 16.9. The number of ether oxygens (including phenoxy) is 2. The van der Waals surface area contributed by atoms with Crippen molar-refractivity contribution in [1.29, 1.82) is 0 Å². The number of nitrogens with zero attached hydrogens (tertiary/aromatic N) is 5. The molecular formula is C35H41N7O4. The van der Waals surface area contributed by atoms with Gasteiger partial charge in [0.1, 0.15) is 17.0 Å². The highest BCUT2D eigenvalue weighted by atomic mass is 16.5. The SMILES string of the molecule is COc1cc(C(=O)N2[C@H]3CC[C@@H]2[C@H](N)C3)cc2nc(-c3cc4ccc5nc4n3C[C@H]3C[C@@H]3COCCC(=O)N[C@@H]5C)c(C3CC3)n12.